The molecule has 0 aliphatic heterocycles. The van der Waals surface area contributed by atoms with E-state index in [-0.39, 0.29) is 0 Å². The van der Waals surface area contributed by atoms with Gasteiger partial charge in [0.15, 0.2) is 0 Å². The Labute approximate surface area is 78.1 Å². The summed E-state index contributed by atoms with van der Waals surface area (Å²) in [7, 11) is 0. The average molecular weight is 168 g/mol. The van der Waals surface area contributed by atoms with Crippen molar-refractivity contribution in [3.8, 4) is 0 Å². The Morgan fingerprint density at radius 3 is 2.17 bits per heavy atom. The van der Waals surface area contributed by atoms with Gasteiger partial charge in [0.25, 0.3) is 0 Å². The molecule has 0 bridgehead atoms. The summed E-state index contributed by atoms with van der Waals surface area (Å²) in [6, 6.07) is 0. The first-order valence-corrected chi connectivity index (χ1v) is 5.26. The highest BCUT2D eigenvalue weighted by atomic mass is 14.1. The Kier molecular flexibility index (Phi) is 6.14. The minimum absolute atomic E-state index is 0.786. The fourth-order valence-corrected chi connectivity index (χ4v) is 1.39. The maximum absolute atomic E-state index is 2.33. The topological polar surface area (TPSA) is 0 Å². The number of allylic oxidation sites excluding steroid dienone is 2. The van der Waals surface area contributed by atoms with Crippen LogP contribution in [-0.4, -0.2) is 0 Å². The van der Waals surface area contributed by atoms with Gasteiger partial charge in [0.2, 0.25) is 0 Å². The predicted octanol–water partition coefficient (Wildman–Crippen LogP) is 4.42. The molecule has 1 unspecified atom stereocenters. The molecule has 0 aliphatic carbocycles. The summed E-state index contributed by atoms with van der Waals surface area (Å²) < 4.78 is 0. The van der Waals surface area contributed by atoms with Crippen LogP contribution in [0.3, 0.4) is 0 Å². The van der Waals surface area contributed by atoms with Crippen molar-refractivity contribution in [1.82, 2.24) is 0 Å². The van der Waals surface area contributed by atoms with Crippen LogP contribution in [0.25, 0.3) is 0 Å². The molecule has 0 fully saturated rings. The van der Waals surface area contributed by atoms with E-state index >= 15 is 0 Å². The second-order valence-corrected chi connectivity index (χ2v) is 4.11. The van der Waals surface area contributed by atoms with Crippen molar-refractivity contribution >= 4 is 0 Å². The SMILES string of the molecule is CC=C(CCC(C)C)C(C)CC. The predicted molar refractivity (Wildman–Crippen MR) is 57.3 cm³/mol. The lowest BCUT2D eigenvalue weighted by atomic mass is 9.92. The van der Waals surface area contributed by atoms with E-state index in [4.69, 9.17) is 0 Å². The summed E-state index contributed by atoms with van der Waals surface area (Å²) >= 11 is 0. The maximum atomic E-state index is 2.33. The Morgan fingerprint density at radius 1 is 1.25 bits per heavy atom. The van der Waals surface area contributed by atoms with Gasteiger partial charge in [-0.2, -0.15) is 0 Å². The van der Waals surface area contributed by atoms with Gasteiger partial charge in [-0.25, -0.2) is 0 Å². The molecule has 1 atom stereocenters. The van der Waals surface area contributed by atoms with Crippen LogP contribution in [0, 0.1) is 11.8 Å². The zero-order valence-corrected chi connectivity index (χ0v) is 9.35. The van der Waals surface area contributed by atoms with Crippen LogP contribution in [0.5, 0.6) is 0 Å². The summed E-state index contributed by atoms with van der Waals surface area (Å²) in [6.45, 7) is 11.4. The molecule has 0 heterocycles. The summed E-state index contributed by atoms with van der Waals surface area (Å²) in [5.74, 6) is 1.62. The van der Waals surface area contributed by atoms with Crippen molar-refractivity contribution in [2.24, 2.45) is 11.8 Å². The highest BCUT2D eigenvalue weighted by molar-refractivity contribution is 5.03. The summed E-state index contributed by atoms with van der Waals surface area (Å²) in [5, 5.41) is 0. The smallest absolute Gasteiger partial charge is 0.0234 e. The van der Waals surface area contributed by atoms with Crippen LogP contribution in [0.15, 0.2) is 11.6 Å². The van der Waals surface area contributed by atoms with Gasteiger partial charge in [-0.15, -0.1) is 0 Å². The number of hydrogen-bond acceptors (Lipinski definition) is 0. The molecule has 0 aromatic heterocycles. The molecule has 0 saturated heterocycles. The zero-order valence-electron chi connectivity index (χ0n) is 9.35. The molecule has 0 rings (SSSR count). The van der Waals surface area contributed by atoms with Crippen molar-refractivity contribution < 1.29 is 0 Å². The standard InChI is InChI=1S/C12H24/c1-6-11(5)12(7-2)9-8-10(3)4/h7,10-11H,6,8-9H2,1-5H3. The summed E-state index contributed by atoms with van der Waals surface area (Å²) in [6.07, 6.45) is 6.21. The van der Waals surface area contributed by atoms with E-state index in [1.807, 2.05) is 0 Å². The molecule has 0 aliphatic rings. The Balaban J connectivity index is 3.85. The largest absolute Gasteiger partial charge is 0.0882 e. The third-order valence-electron chi connectivity index (χ3n) is 2.63. The van der Waals surface area contributed by atoms with E-state index in [0.29, 0.717) is 0 Å². The molecule has 0 saturated carbocycles. The van der Waals surface area contributed by atoms with Gasteiger partial charge in [-0.1, -0.05) is 39.3 Å². The van der Waals surface area contributed by atoms with Crippen LogP contribution < -0.4 is 0 Å². The molecule has 0 heteroatoms. The van der Waals surface area contributed by atoms with Crippen molar-refractivity contribution in [1.29, 1.82) is 0 Å². The van der Waals surface area contributed by atoms with Gasteiger partial charge < -0.3 is 0 Å². The fourth-order valence-electron chi connectivity index (χ4n) is 1.39. The van der Waals surface area contributed by atoms with Gasteiger partial charge in [0.1, 0.15) is 0 Å². The van der Waals surface area contributed by atoms with Gasteiger partial charge in [-0.05, 0) is 38.0 Å². The summed E-state index contributed by atoms with van der Waals surface area (Å²) in [5.41, 5.74) is 1.64. The second kappa shape index (κ2) is 6.28. The Bertz CT molecular complexity index is 131. The van der Waals surface area contributed by atoms with Crippen LogP contribution in [0.2, 0.25) is 0 Å². The van der Waals surface area contributed by atoms with Crippen LogP contribution in [0.1, 0.15) is 53.9 Å². The average Bonchev–Trinajstić information content (AvgIpc) is 2.04. The molecular formula is C12H24. The van der Waals surface area contributed by atoms with Crippen molar-refractivity contribution in [2.45, 2.75) is 53.9 Å². The van der Waals surface area contributed by atoms with Gasteiger partial charge >= 0.3 is 0 Å². The van der Waals surface area contributed by atoms with Crippen LogP contribution >= 0.6 is 0 Å². The lowest BCUT2D eigenvalue weighted by Gasteiger charge is -2.14. The third kappa shape index (κ3) is 4.58. The lowest BCUT2D eigenvalue weighted by molar-refractivity contribution is 0.540. The lowest BCUT2D eigenvalue weighted by Crippen LogP contribution is -1.99. The second-order valence-electron chi connectivity index (χ2n) is 4.11. The summed E-state index contributed by atoms with van der Waals surface area (Å²) in [4.78, 5) is 0. The molecule has 0 amide bonds. The van der Waals surface area contributed by atoms with Crippen molar-refractivity contribution in [3.63, 3.8) is 0 Å². The first-order valence-electron chi connectivity index (χ1n) is 5.26. The molecule has 72 valence electrons. The third-order valence-corrected chi connectivity index (χ3v) is 2.63. The van der Waals surface area contributed by atoms with E-state index in [1.54, 1.807) is 5.57 Å². The van der Waals surface area contributed by atoms with E-state index in [9.17, 15) is 0 Å². The maximum Gasteiger partial charge on any atom is -0.0234 e. The van der Waals surface area contributed by atoms with Crippen LogP contribution in [0.4, 0.5) is 0 Å². The van der Waals surface area contributed by atoms with Gasteiger partial charge in [0.05, 0.1) is 0 Å². The molecule has 0 N–H and O–H groups in total. The quantitative estimate of drug-likeness (QED) is 0.533. The molecule has 0 nitrogen and oxygen atoms in total. The molecule has 0 spiro atoms. The van der Waals surface area contributed by atoms with E-state index in [0.717, 1.165) is 11.8 Å². The molecule has 12 heavy (non-hydrogen) atoms. The van der Waals surface area contributed by atoms with Crippen molar-refractivity contribution in [2.75, 3.05) is 0 Å². The van der Waals surface area contributed by atoms with Gasteiger partial charge in [-0.3, -0.25) is 0 Å². The first-order chi connectivity index (χ1) is 5.61. The zero-order chi connectivity index (χ0) is 9.56. The minimum atomic E-state index is 0.786. The molecule has 0 aromatic carbocycles. The Morgan fingerprint density at radius 2 is 1.83 bits per heavy atom. The fraction of sp³-hybridized carbons (Fsp3) is 0.833. The minimum Gasteiger partial charge on any atom is -0.0882 e. The van der Waals surface area contributed by atoms with E-state index < -0.39 is 0 Å². The van der Waals surface area contributed by atoms with Crippen LogP contribution in [-0.2, 0) is 0 Å². The molecule has 0 aromatic rings. The molecule has 0 radical (unpaired) electrons. The first kappa shape index (κ1) is 11.7. The Hall–Kier alpha value is -0.260. The number of hydrogen-bond donors (Lipinski definition) is 0. The highest BCUT2D eigenvalue weighted by Crippen LogP contribution is 2.21. The van der Waals surface area contributed by atoms with E-state index in [1.165, 1.54) is 19.3 Å². The highest BCUT2D eigenvalue weighted by Gasteiger charge is 2.05. The monoisotopic (exact) mass is 168 g/mol. The normalized spacial score (nSPS) is 15.3. The van der Waals surface area contributed by atoms with Gasteiger partial charge in [0, 0.05) is 0 Å². The molecular weight excluding hydrogens is 144 g/mol. The van der Waals surface area contributed by atoms with E-state index in [2.05, 4.69) is 40.7 Å². The number of rotatable bonds is 5. The van der Waals surface area contributed by atoms with Crippen molar-refractivity contribution in [3.05, 3.63) is 11.6 Å².